The Morgan fingerprint density at radius 3 is 2.58 bits per heavy atom. The lowest BCUT2D eigenvalue weighted by Crippen LogP contribution is -2.01. The lowest BCUT2D eigenvalue weighted by atomic mass is 10.1. The minimum absolute atomic E-state index is 0.277. The van der Waals surface area contributed by atoms with Gasteiger partial charge < -0.3 is 9.30 Å². The van der Waals surface area contributed by atoms with Crippen LogP contribution in [0.1, 0.15) is 27.8 Å². The summed E-state index contributed by atoms with van der Waals surface area (Å²) in [5.41, 5.74) is 1.73. The molecule has 1 aromatic heterocycles. The van der Waals surface area contributed by atoms with E-state index in [4.69, 9.17) is 0 Å². The summed E-state index contributed by atoms with van der Waals surface area (Å²) >= 11 is 0. The van der Waals surface area contributed by atoms with Gasteiger partial charge in [0.05, 0.1) is 7.11 Å². The standard InChI is InChI=1S/C14H14N2O3/c1-3-16-8-12(14(18)19-2)15-13(16)11-6-4-10(9-17)5-7-11/h4-9H,3H2,1-2H3. The molecule has 0 fully saturated rings. The zero-order chi connectivity index (χ0) is 13.8. The Bertz CT molecular complexity index is 600. The number of aryl methyl sites for hydroxylation is 1. The Morgan fingerprint density at radius 1 is 1.37 bits per heavy atom. The molecule has 0 aliphatic rings. The van der Waals surface area contributed by atoms with E-state index < -0.39 is 5.97 Å². The van der Waals surface area contributed by atoms with Crippen LogP contribution in [-0.4, -0.2) is 28.9 Å². The SMILES string of the molecule is CCn1cc(C(=O)OC)nc1-c1ccc(C=O)cc1. The molecule has 98 valence electrons. The van der Waals surface area contributed by atoms with Gasteiger partial charge in [-0.3, -0.25) is 4.79 Å². The fourth-order valence-electron chi connectivity index (χ4n) is 1.80. The van der Waals surface area contributed by atoms with Gasteiger partial charge in [0.15, 0.2) is 5.69 Å². The summed E-state index contributed by atoms with van der Waals surface area (Å²) in [4.78, 5) is 26.4. The summed E-state index contributed by atoms with van der Waals surface area (Å²) in [6, 6.07) is 7.04. The molecule has 0 atom stereocenters. The molecule has 0 amide bonds. The number of esters is 1. The van der Waals surface area contributed by atoms with Gasteiger partial charge in [0, 0.05) is 23.9 Å². The second kappa shape index (κ2) is 5.48. The highest BCUT2D eigenvalue weighted by molar-refractivity contribution is 5.87. The molecule has 2 rings (SSSR count). The summed E-state index contributed by atoms with van der Waals surface area (Å²) < 4.78 is 6.52. The van der Waals surface area contributed by atoms with Crippen LogP contribution in [0.15, 0.2) is 30.5 Å². The predicted octanol–water partition coefficient (Wildman–Crippen LogP) is 2.17. The van der Waals surface area contributed by atoms with Crippen molar-refractivity contribution in [2.24, 2.45) is 0 Å². The number of aromatic nitrogens is 2. The van der Waals surface area contributed by atoms with E-state index in [1.165, 1.54) is 7.11 Å². The molecule has 5 nitrogen and oxygen atoms in total. The van der Waals surface area contributed by atoms with Crippen LogP contribution in [0.5, 0.6) is 0 Å². The van der Waals surface area contributed by atoms with E-state index in [9.17, 15) is 9.59 Å². The van der Waals surface area contributed by atoms with E-state index in [0.29, 0.717) is 17.9 Å². The first kappa shape index (κ1) is 13.0. The number of carbonyl (C=O) groups excluding carboxylic acids is 2. The average molecular weight is 258 g/mol. The molecule has 0 saturated heterocycles. The topological polar surface area (TPSA) is 61.2 Å². The number of carbonyl (C=O) groups is 2. The first-order chi connectivity index (χ1) is 9.19. The predicted molar refractivity (Wildman–Crippen MR) is 70.1 cm³/mol. The molecule has 0 aliphatic heterocycles. The number of rotatable bonds is 4. The quantitative estimate of drug-likeness (QED) is 0.623. The van der Waals surface area contributed by atoms with Crippen molar-refractivity contribution in [2.45, 2.75) is 13.5 Å². The molecule has 1 aromatic carbocycles. The number of hydrogen-bond acceptors (Lipinski definition) is 4. The molecule has 19 heavy (non-hydrogen) atoms. The van der Waals surface area contributed by atoms with Gasteiger partial charge in [-0.05, 0) is 6.92 Å². The number of methoxy groups -OCH3 is 1. The highest BCUT2D eigenvalue weighted by Gasteiger charge is 2.15. The van der Waals surface area contributed by atoms with Crippen LogP contribution < -0.4 is 0 Å². The summed E-state index contributed by atoms with van der Waals surface area (Å²) in [5.74, 6) is 0.221. The Hall–Kier alpha value is -2.43. The third-order valence-corrected chi connectivity index (χ3v) is 2.82. The van der Waals surface area contributed by atoms with Crippen LogP contribution in [0.25, 0.3) is 11.4 Å². The van der Waals surface area contributed by atoms with Gasteiger partial charge in [-0.1, -0.05) is 24.3 Å². The summed E-state index contributed by atoms with van der Waals surface area (Å²) in [6.45, 7) is 2.65. The largest absolute Gasteiger partial charge is 0.464 e. The Balaban J connectivity index is 2.44. The lowest BCUT2D eigenvalue weighted by molar-refractivity contribution is 0.0594. The number of benzene rings is 1. The molecular weight excluding hydrogens is 244 g/mol. The van der Waals surface area contributed by atoms with Gasteiger partial charge in [-0.25, -0.2) is 9.78 Å². The van der Waals surface area contributed by atoms with Crippen molar-refractivity contribution in [3.05, 3.63) is 41.7 Å². The minimum atomic E-state index is -0.460. The first-order valence-corrected chi connectivity index (χ1v) is 5.90. The van der Waals surface area contributed by atoms with Gasteiger partial charge in [0.1, 0.15) is 12.1 Å². The smallest absolute Gasteiger partial charge is 0.358 e. The van der Waals surface area contributed by atoms with Crippen molar-refractivity contribution < 1.29 is 14.3 Å². The monoisotopic (exact) mass is 258 g/mol. The van der Waals surface area contributed by atoms with Crippen molar-refractivity contribution >= 4 is 12.3 Å². The number of ether oxygens (including phenoxy) is 1. The summed E-state index contributed by atoms with van der Waals surface area (Å²) in [5, 5.41) is 0. The van der Waals surface area contributed by atoms with Crippen LogP contribution >= 0.6 is 0 Å². The molecule has 0 bridgehead atoms. The number of nitrogens with zero attached hydrogens (tertiary/aromatic N) is 2. The van der Waals surface area contributed by atoms with E-state index in [0.717, 1.165) is 11.8 Å². The van der Waals surface area contributed by atoms with Gasteiger partial charge in [0.2, 0.25) is 0 Å². The Labute approximate surface area is 110 Å². The zero-order valence-corrected chi connectivity index (χ0v) is 10.8. The highest BCUT2D eigenvalue weighted by atomic mass is 16.5. The molecule has 0 unspecified atom stereocenters. The minimum Gasteiger partial charge on any atom is -0.464 e. The molecule has 0 aliphatic carbocycles. The van der Waals surface area contributed by atoms with Crippen molar-refractivity contribution in [3.8, 4) is 11.4 Å². The van der Waals surface area contributed by atoms with Crippen LogP contribution in [0.3, 0.4) is 0 Å². The van der Waals surface area contributed by atoms with Gasteiger partial charge in [0.25, 0.3) is 0 Å². The molecule has 0 spiro atoms. The molecular formula is C14H14N2O3. The number of imidazole rings is 1. The van der Waals surface area contributed by atoms with Crippen LogP contribution in [0.4, 0.5) is 0 Å². The van der Waals surface area contributed by atoms with Gasteiger partial charge in [-0.2, -0.15) is 0 Å². The second-order valence-electron chi connectivity index (χ2n) is 3.97. The van der Waals surface area contributed by atoms with Crippen molar-refractivity contribution in [2.75, 3.05) is 7.11 Å². The Morgan fingerprint density at radius 2 is 2.05 bits per heavy atom. The maximum Gasteiger partial charge on any atom is 0.358 e. The van der Waals surface area contributed by atoms with Crippen molar-refractivity contribution in [3.63, 3.8) is 0 Å². The van der Waals surface area contributed by atoms with Crippen LogP contribution in [0.2, 0.25) is 0 Å². The maximum absolute atomic E-state index is 11.5. The van der Waals surface area contributed by atoms with E-state index in [-0.39, 0.29) is 5.69 Å². The fraction of sp³-hybridized carbons (Fsp3) is 0.214. The fourth-order valence-corrected chi connectivity index (χ4v) is 1.80. The van der Waals surface area contributed by atoms with Gasteiger partial charge in [-0.15, -0.1) is 0 Å². The molecule has 1 heterocycles. The third kappa shape index (κ3) is 2.54. The van der Waals surface area contributed by atoms with Crippen molar-refractivity contribution in [1.82, 2.24) is 9.55 Å². The van der Waals surface area contributed by atoms with E-state index in [1.54, 1.807) is 30.5 Å². The second-order valence-corrected chi connectivity index (χ2v) is 3.97. The first-order valence-electron chi connectivity index (χ1n) is 5.90. The average Bonchev–Trinajstić information content (AvgIpc) is 2.90. The van der Waals surface area contributed by atoms with Crippen LogP contribution in [0, 0.1) is 0 Å². The summed E-state index contributed by atoms with van der Waals surface area (Å²) in [7, 11) is 1.33. The lowest BCUT2D eigenvalue weighted by Gasteiger charge is -2.04. The van der Waals surface area contributed by atoms with E-state index in [2.05, 4.69) is 9.72 Å². The molecule has 2 aromatic rings. The number of aldehydes is 1. The molecule has 5 heteroatoms. The Kier molecular flexibility index (Phi) is 3.75. The summed E-state index contributed by atoms with van der Waals surface area (Å²) in [6.07, 6.45) is 2.45. The molecule has 0 N–H and O–H groups in total. The third-order valence-electron chi connectivity index (χ3n) is 2.82. The normalized spacial score (nSPS) is 10.2. The maximum atomic E-state index is 11.5. The van der Waals surface area contributed by atoms with E-state index in [1.807, 2.05) is 11.5 Å². The van der Waals surface area contributed by atoms with Crippen molar-refractivity contribution in [1.29, 1.82) is 0 Å². The van der Waals surface area contributed by atoms with Crippen LogP contribution in [-0.2, 0) is 11.3 Å². The zero-order valence-electron chi connectivity index (χ0n) is 10.8. The molecule has 0 radical (unpaired) electrons. The number of hydrogen-bond donors (Lipinski definition) is 0. The van der Waals surface area contributed by atoms with E-state index >= 15 is 0 Å². The highest BCUT2D eigenvalue weighted by Crippen LogP contribution is 2.19. The van der Waals surface area contributed by atoms with Gasteiger partial charge >= 0.3 is 5.97 Å². The molecule has 0 saturated carbocycles.